The largest absolute Gasteiger partial charge is 0.492 e. The summed E-state index contributed by atoms with van der Waals surface area (Å²) in [5, 5.41) is 12.8. The molecule has 6 heteroatoms. The number of methoxy groups -OCH3 is 1. The quantitative estimate of drug-likeness (QED) is 0.614. The van der Waals surface area contributed by atoms with Gasteiger partial charge in [-0.3, -0.25) is 0 Å². The lowest BCUT2D eigenvalue weighted by Crippen LogP contribution is -2.23. The Morgan fingerprint density at radius 2 is 1.95 bits per heavy atom. The number of hydrogen-bond acceptors (Lipinski definition) is 4. The SMILES string of the molecule is CCOc1c(Br)cc(CNCCC(O)COC)cc1Br. The van der Waals surface area contributed by atoms with Crippen LogP contribution in [0.25, 0.3) is 0 Å². The van der Waals surface area contributed by atoms with Gasteiger partial charge in [-0.1, -0.05) is 0 Å². The predicted octanol–water partition coefficient (Wildman–Crippen LogP) is 3.10. The van der Waals surface area contributed by atoms with E-state index in [1.165, 1.54) is 0 Å². The smallest absolute Gasteiger partial charge is 0.147 e. The summed E-state index contributed by atoms with van der Waals surface area (Å²) < 4.78 is 12.3. The first-order valence-electron chi connectivity index (χ1n) is 6.56. The molecule has 1 aromatic carbocycles. The van der Waals surface area contributed by atoms with Crippen LogP contribution in [0.5, 0.6) is 5.75 Å². The maximum absolute atomic E-state index is 9.53. The minimum atomic E-state index is -0.411. The van der Waals surface area contributed by atoms with Crippen molar-refractivity contribution in [2.24, 2.45) is 0 Å². The Kier molecular flexibility index (Phi) is 8.72. The van der Waals surface area contributed by atoms with Crippen molar-refractivity contribution in [3.8, 4) is 5.75 Å². The van der Waals surface area contributed by atoms with Crippen molar-refractivity contribution in [2.45, 2.75) is 26.0 Å². The van der Waals surface area contributed by atoms with Gasteiger partial charge in [0.25, 0.3) is 0 Å². The molecular formula is C14H21Br2NO3. The van der Waals surface area contributed by atoms with E-state index in [-0.39, 0.29) is 0 Å². The summed E-state index contributed by atoms with van der Waals surface area (Å²) in [6.07, 6.45) is 0.263. The highest BCUT2D eigenvalue weighted by Gasteiger charge is 2.08. The van der Waals surface area contributed by atoms with Gasteiger partial charge in [-0.05, 0) is 69.4 Å². The lowest BCUT2D eigenvalue weighted by Gasteiger charge is -2.12. The second-order valence-electron chi connectivity index (χ2n) is 4.40. The van der Waals surface area contributed by atoms with Crippen molar-refractivity contribution < 1.29 is 14.6 Å². The van der Waals surface area contributed by atoms with Gasteiger partial charge in [0.15, 0.2) is 0 Å². The van der Waals surface area contributed by atoms with Gasteiger partial charge < -0.3 is 19.9 Å². The standard InChI is InChI=1S/C14H21Br2NO3/c1-3-20-14-12(15)6-10(7-13(14)16)8-17-5-4-11(18)9-19-2/h6-7,11,17-18H,3-5,8-9H2,1-2H3. The topological polar surface area (TPSA) is 50.7 Å². The van der Waals surface area contributed by atoms with E-state index >= 15 is 0 Å². The van der Waals surface area contributed by atoms with Crippen LogP contribution in [0.15, 0.2) is 21.1 Å². The zero-order valence-corrected chi connectivity index (χ0v) is 15.0. The summed E-state index contributed by atoms with van der Waals surface area (Å²) in [6, 6.07) is 4.07. The number of benzene rings is 1. The van der Waals surface area contributed by atoms with E-state index < -0.39 is 6.10 Å². The highest BCUT2D eigenvalue weighted by atomic mass is 79.9. The third-order valence-electron chi connectivity index (χ3n) is 2.69. The third-order valence-corrected chi connectivity index (χ3v) is 3.87. The number of aliphatic hydroxyl groups is 1. The summed E-state index contributed by atoms with van der Waals surface area (Å²) >= 11 is 7.02. The van der Waals surface area contributed by atoms with Crippen LogP contribution >= 0.6 is 31.9 Å². The summed E-state index contributed by atoms with van der Waals surface area (Å²) in [5.74, 6) is 0.826. The second kappa shape index (κ2) is 9.73. The van der Waals surface area contributed by atoms with Gasteiger partial charge >= 0.3 is 0 Å². The average molecular weight is 411 g/mol. The van der Waals surface area contributed by atoms with Crippen LogP contribution in [0.1, 0.15) is 18.9 Å². The first-order valence-corrected chi connectivity index (χ1v) is 8.15. The maximum atomic E-state index is 9.53. The molecule has 1 rings (SSSR count). The average Bonchev–Trinajstić information content (AvgIpc) is 2.39. The zero-order valence-electron chi connectivity index (χ0n) is 11.8. The molecule has 1 aromatic rings. The van der Waals surface area contributed by atoms with Crippen LogP contribution in [0, 0.1) is 0 Å². The number of hydrogen-bond donors (Lipinski definition) is 2. The van der Waals surface area contributed by atoms with Crippen molar-refractivity contribution in [1.82, 2.24) is 5.32 Å². The van der Waals surface area contributed by atoms with E-state index in [0.29, 0.717) is 19.6 Å². The molecule has 0 aliphatic carbocycles. The van der Waals surface area contributed by atoms with E-state index in [2.05, 4.69) is 37.2 Å². The first-order chi connectivity index (χ1) is 9.58. The molecule has 0 fully saturated rings. The number of aliphatic hydroxyl groups excluding tert-OH is 1. The summed E-state index contributed by atoms with van der Waals surface area (Å²) in [6.45, 7) is 4.45. The minimum Gasteiger partial charge on any atom is -0.492 e. The molecule has 0 aromatic heterocycles. The Bertz CT molecular complexity index is 392. The molecule has 1 atom stereocenters. The van der Waals surface area contributed by atoms with E-state index in [9.17, 15) is 5.11 Å². The fourth-order valence-electron chi connectivity index (χ4n) is 1.77. The van der Waals surface area contributed by atoms with Crippen LogP contribution in [0.4, 0.5) is 0 Å². The second-order valence-corrected chi connectivity index (χ2v) is 6.10. The molecule has 0 radical (unpaired) electrons. The van der Waals surface area contributed by atoms with Crippen LogP contribution in [-0.2, 0) is 11.3 Å². The molecular weight excluding hydrogens is 390 g/mol. The first kappa shape index (κ1) is 17.9. The van der Waals surface area contributed by atoms with E-state index in [1.807, 2.05) is 19.1 Å². The molecule has 0 aliphatic rings. The Morgan fingerprint density at radius 3 is 2.50 bits per heavy atom. The van der Waals surface area contributed by atoms with Gasteiger partial charge in [-0.2, -0.15) is 0 Å². The molecule has 0 saturated carbocycles. The molecule has 20 heavy (non-hydrogen) atoms. The molecule has 0 amide bonds. The van der Waals surface area contributed by atoms with Gasteiger partial charge in [0, 0.05) is 13.7 Å². The molecule has 0 spiro atoms. The molecule has 114 valence electrons. The van der Waals surface area contributed by atoms with Crippen molar-refractivity contribution >= 4 is 31.9 Å². The summed E-state index contributed by atoms with van der Waals surface area (Å²) in [4.78, 5) is 0. The van der Waals surface area contributed by atoms with Crippen LogP contribution in [-0.4, -0.2) is 38.1 Å². The van der Waals surface area contributed by atoms with Crippen LogP contribution in [0.3, 0.4) is 0 Å². The van der Waals surface area contributed by atoms with Gasteiger partial charge in [-0.25, -0.2) is 0 Å². The fourth-order valence-corrected chi connectivity index (χ4v) is 3.28. The zero-order chi connectivity index (χ0) is 15.0. The fraction of sp³-hybridized carbons (Fsp3) is 0.571. The van der Waals surface area contributed by atoms with E-state index in [0.717, 1.165) is 33.3 Å². The Labute approximate surface area is 137 Å². The van der Waals surface area contributed by atoms with E-state index in [4.69, 9.17) is 9.47 Å². The predicted molar refractivity (Wildman–Crippen MR) is 87.2 cm³/mol. The molecule has 2 N–H and O–H groups in total. The highest BCUT2D eigenvalue weighted by Crippen LogP contribution is 2.34. The van der Waals surface area contributed by atoms with Crippen LogP contribution < -0.4 is 10.1 Å². The summed E-state index contributed by atoms with van der Waals surface area (Å²) in [5.41, 5.74) is 1.15. The van der Waals surface area contributed by atoms with Gasteiger partial charge in [-0.15, -0.1) is 0 Å². The molecule has 1 unspecified atom stereocenters. The molecule has 0 heterocycles. The number of ether oxygens (including phenoxy) is 2. The maximum Gasteiger partial charge on any atom is 0.147 e. The normalized spacial score (nSPS) is 12.4. The van der Waals surface area contributed by atoms with E-state index in [1.54, 1.807) is 7.11 Å². The molecule has 4 nitrogen and oxygen atoms in total. The van der Waals surface area contributed by atoms with Crippen molar-refractivity contribution in [1.29, 1.82) is 0 Å². The Balaban J connectivity index is 2.45. The van der Waals surface area contributed by atoms with Gasteiger partial charge in [0.2, 0.25) is 0 Å². The van der Waals surface area contributed by atoms with Crippen LogP contribution in [0.2, 0.25) is 0 Å². The number of halogens is 2. The van der Waals surface area contributed by atoms with Crippen molar-refractivity contribution in [3.05, 3.63) is 26.6 Å². The van der Waals surface area contributed by atoms with Gasteiger partial charge in [0.1, 0.15) is 5.75 Å². The molecule has 0 bridgehead atoms. The highest BCUT2D eigenvalue weighted by molar-refractivity contribution is 9.11. The number of nitrogens with one attached hydrogen (secondary N) is 1. The third kappa shape index (κ3) is 6.10. The Morgan fingerprint density at radius 1 is 1.30 bits per heavy atom. The van der Waals surface area contributed by atoms with Gasteiger partial charge in [0.05, 0.1) is 28.3 Å². The summed E-state index contributed by atoms with van der Waals surface area (Å²) in [7, 11) is 1.59. The molecule has 0 aliphatic heterocycles. The molecule has 0 saturated heterocycles. The lowest BCUT2D eigenvalue weighted by atomic mass is 10.2. The Hall–Kier alpha value is -0.140. The van der Waals surface area contributed by atoms with Crippen molar-refractivity contribution in [2.75, 3.05) is 26.9 Å². The van der Waals surface area contributed by atoms with Crippen molar-refractivity contribution in [3.63, 3.8) is 0 Å². The number of rotatable bonds is 9. The monoisotopic (exact) mass is 409 g/mol. The minimum absolute atomic E-state index is 0.377. The lowest BCUT2D eigenvalue weighted by molar-refractivity contribution is 0.0594.